The summed E-state index contributed by atoms with van der Waals surface area (Å²) in [5.41, 5.74) is 3.70. The van der Waals surface area contributed by atoms with Crippen LogP contribution < -0.4 is 9.92 Å². The van der Waals surface area contributed by atoms with Gasteiger partial charge in [-0.15, -0.1) is 0 Å². The lowest BCUT2D eigenvalue weighted by Crippen LogP contribution is -2.37. The lowest BCUT2D eigenvalue weighted by atomic mass is 10.1. The second-order valence-electron chi connectivity index (χ2n) is 6.50. The predicted molar refractivity (Wildman–Crippen MR) is 89.7 cm³/mol. The lowest BCUT2D eigenvalue weighted by molar-refractivity contribution is 0.304. The Labute approximate surface area is 123 Å². The molecule has 0 fully saturated rings. The molecule has 20 heavy (non-hydrogen) atoms. The highest BCUT2D eigenvalue weighted by atomic mass is 28.3. The van der Waals surface area contributed by atoms with Gasteiger partial charge in [-0.25, -0.2) is 0 Å². The molecule has 0 unspecified atom stereocenters. The molecule has 0 aliphatic heterocycles. The summed E-state index contributed by atoms with van der Waals surface area (Å²) in [6.07, 6.45) is 0. The molecule has 2 rings (SSSR count). The summed E-state index contributed by atoms with van der Waals surface area (Å²) in [7, 11) is -1.20. The molecule has 0 atom stereocenters. The van der Waals surface area contributed by atoms with Crippen molar-refractivity contribution in [3.05, 3.63) is 59.2 Å². The van der Waals surface area contributed by atoms with Gasteiger partial charge in [0.15, 0.2) is 0 Å². The van der Waals surface area contributed by atoms with Crippen LogP contribution >= 0.6 is 0 Å². The van der Waals surface area contributed by atoms with Gasteiger partial charge in [-0.05, 0) is 31.0 Å². The summed E-state index contributed by atoms with van der Waals surface area (Å²) in [5.74, 6) is 0.977. The van der Waals surface area contributed by atoms with E-state index in [0.717, 1.165) is 5.75 Å². The van der Waals surface area contributed by atoms with E-state index < -0.39 is 8.07 Å². The average Bonchev–Trinajstić information content (AvgIpc) is 2.37. The van der Waals surface area contributed by atoms with Crippen LogP contribution in [0, 0.1) is 13.8 Å². The Bertz CT molecular complexity index is 579. The largest absolute Gasteiger partial charge is 0.489 e. The van der Waals surface area contributed by atoms with Gasteiger partial charge in [-0.1, -0.05) is 66.8 Å². The smallest absolute Gasteiger partial charge is 0.122 e. The molecule has 0 aliphatic rings. The highest BCUT2D eigenvalue weighted by molar-refractivity contribution is 6.88. The first kappa shape index (κ1) is 14.9. The first-order valence-electron chi connectivity index (χ1n) is 7.16. The van der Waals surface area contributed by atoms with Crippen molar-refractivity contribution in [2.24, 2.45) is 0 Å². The molecule has 0 aromatic heterocycles. The molecule has 0 heterocycles. The predicted octanol–water partition coefficient (Wildman–Crippen LogP) is 4.43. The summed E-state index contributed by atoms with van der Waals surface area (Å²) in [6.45, 7) is 11.9. The van der Waals surface area contributed by atoms with Crippen LogP contribution in [-0.4, -0.2) is 8.07 Å². The lowest BCUT2D eigenvalue weighted by Gasteiger charge is -2.17. The van der Waals surface area contributed by atoms with Crippen LogP contribution in [0.4, 0.5) is 0 Å². The summed E-state index contributed by atoms with van der Waals surface area (Å²) in [5, 5.41) is 1.49. The van der Waals surface area contributed by atoms with Crippen LogP contribution in [0.3, 0.4) is 0 Å². The maximum absolute atomic E-state index is 5.91. The van der Waals surface area contributed by atoms with E-state index >= 15 is 0 Å². The Morgan fingerprint density at radius 3 is 2.10 bits per heavy atom. The molecular formula is C18H24OSi. The highest BCUT2D eigenvalue weighted by Gasteiger charge is 2.15. The Balaban J connectivity index is 2.04. The minimum absolute atomic E-state index is 0.635. The van der Waals surface area contributed by atoms with Crippen LogP contribution in [0.15, 0.2) is 42.5 Å². The Hall–Kier alpha value is -1.54. The third-order valence-corrected chi connectivity index (χ3v) is 5.61. The first-order valence-corrected chi connectivity index (χ1v) is 10.7. The normalized spacial score (nSPS) is 11.4. The fourth-order valence-electron chi connectivity index (χ4n) is 2.22. The van der Waals surface area contributed by atoms with Crippen molar-refractivity contribution in [1.29, 1.82) is 0 Å². The fourth-order valence-corrected chi connectivity index (χ4v) is 3.39. The minimum Gasteiger partial charge on any atom is -0.489 e. The maximum atomic E-state index is 5.91. The SMILES string of the molecule is Cc1ccc(OCc2ccc([Si](C)(C)C)cc2)c(C)c1. The van der Waals surface area contributed by atoms with E-state index in [0.29, 0.717) is 6.61 Å². The van der Waals surface area contributed by atoms with Crippen molar-refractivity contribution in [1.82, 2.24) is 0 Å². The summed E-state index contributed by atoms with van der Waals surface area (Å²) >= 11 is 0. The van der Waals surface area contributed by atoms with Gasteiger partial charge in [0.2, 0.25) is 0 Å². The summed E-state index contributed by atoms with van der Waals surface area (Å²) in [4.78, 5) is 0. The average molecular weight is 284 g/mol. The Morgan fingerprint density at radius 1 is 0.900 bits per heavy atom. The molecule has 0 saturated heterocycles. The number of ether oxygens (including phenoxy) is 1. The maximum Gasteiger partial charge on any atom is 0.122 e. The van der Waals surface area contributed by atoms with E-state index in [4.69, 9.17) is 4.74 Å². The zero-order valence-electron chi connectivity index (χ0n) is 13.2. The van der Waals surface area contributed by atoms with Crippen LogP contribution in [0.1, 0.15) is 16.7 Å². The number of hydrogen-bond donors (Lipinski definition) is 0. The van der Waals surface area contributed by atoms with Gasteiger partial charge in [-0.3, -0.25) is 0 Å². The molecule has 0 N–H and O–H groups in total. The van der Waals surface area contributed by atoms with Crippen LogP contribution in [-0.2, 0) is 6.61 Å². The first-order chi connectivity index (χ1) is 9.36. The third-order valence-electron chi connectivity index (χ3n) is 3.54. The topological polar surface area (TPSA) is 9.23 Å². The number of benzene rings is 2. The van der Waals surface area contributed by atoms with E-state index in [1.165, 1.54) is 21.9 Å². The van der Waals surface area contributed by atoms with Crippen molar-refractivity contribution in [3.63, 3.8) is 0 Å². The Morgan fingerprint density at radius 2 is 1.55 bits per heavy atom. The molecular weight excluding hydrogens is 260 g/mol. The summed E-state index contributed by atoms with van der Waals surface area (Å²) < 4.78 is 5.91. The highest BCUT2D eigenvalue weighted by Crippen LogP contribution is 2.20. The molecule has 0 aliphatic carbocycles. The second kappa shape index (κ2) is 5.84. The van der Waals surface area contributed by atoms with Crippen molar-refractivity contribution >= 4 is 13.3 Å². The molecule has 2 aromatic rings. The van der Waals surface area contributed by atoms with E-state index in [1.807, 2.05) is 0 Å². The molecule has 2 heteroatoms. The van der Waals surface area contributed by atoms with Gasteiger partial charge in [-0.2, -0.15) is 0 Å². The Kier molecular flexibility index (Phi) is 4.34. The van der Waals surface area contributed by atoms with E-state index in [2.05, 4.69) is 76.0 Å². The monoisotopic (exact) mass is 284 g/mol. The zero-order valence-corrected chi connectivity index (χ0v) is 14.2. The quantitative estimate of drug-likeness (QED) is 0.755. The molecule has 2 aromatic carbocycles. The number of hydrogen-bond acceptors (Lipinski definition) is 1. The van der Waals surface area contributed by atoms with E-state index in [-0.39, 0.29) is 0 Å². The van der Waals surface area contributed by atoms with E-state index in [1.54, 1.807) is 0 Å². The van der Waals surface area contributed by atoms with Crippen LogP contribution in [0.5, 0.6) is 5.75 Å². The van der Waals surface area contributed by atoms with Gasteiger partial charge in [0.05, 0.1) is 8.07 Å². The van der Waals surface area contributed by atoms with Crippen LogP contribution in [0.25, 0.3) is 0 Å². The summed E-state index contributed by atoms with van der Waals surface area (Å²) in [6, 6.07) is 15.2. The van der Waals surface area contributed by atoms with Crippen LogP contribution in [0.2, 0.25) is 19.6 Å². The standard InChI is InChI=1S/C18H24OSi/c1-14-6-11-18(15(2)12-14)19-13-16-7-9-17(10-8-16)20(3,4)5/h6-12H,13H2,1-5H3. The third kappa shape index (κ3) is 3.73. The second-order valence-corrected chi connectivity index (χ2v) is 11.6. The molecule has 1 nitrogen and oxygen atoms in total. The number of rotatable bonds is 4. The van der Waals surface area contributed by atoms with Gasteiger partial charge >= 0.3 is 0 Å². The molecule has 0 radical (unpaired) electrons. The van der Waals surface area contributed by atoms with Gasteiger partial charge in [0.25, 0.3) is 0 Å². The number of aryl methyl sites for hydroxylation is 2. The van der Waals surface area contributed by atoms with Crippen molar-refractivity contribution in [3.8, 4) is 5.75 Å². The molecule has 106 valence electrons. The van der Waals surface area contributed by atoms with Crippen molar-refractivity contribution in [2.75, 3.05) is 0 Å². The van der Waals surface area contributed by atoms with Gasteiger partial charge in [0.1, 0.15) is 12.4 Å². The van der Waals surface area contributed by atoms with Gasteiger partial charge in [0, 0.05) is 0 Å². The minimum atomic E-state index is -1.20. The van der Waals surface area contributed by atoms with Crippen molar-refractivity contribution < 1.29 is 4.74 Å². The van der Waals surface area contributed by atoms with Gasteiger partial charge < -0.3 is 4.74 Å². The fraction of sp³-hybridized carbons (Fsp3) is 0.333. The van der Waals surface area contributed by atoms with E-state index in [9.17, 15) is 0 Å². The molecule has 0 saturated carbocycles. The zero-order chi connectivity index (χ0) is 14.8. The van der Waals surface area contributed by atoms with Crippen molar-refractivity contribution in [2.45, 2.75) is 40.1 Å². The molecule has 0 spiro atoms. The molecule has 0 amide bonds. The molecule has 0 bridgehead atoms.